The molecule has 28 heavy (non-hydrogen) atoms. The molecular weight excluding hydrogens is 399 g/mol. The van der Waals surface area contributed by atoms with Crippen molar-refractivity contribution in [2.24, 2.45) is 7.05 Å². The standard InChI is InChI=1S/C17H13ClF3N5O2/c1-8-11-5-9(7-22-14(11)26(2)25-8)15(27)24-16(28)23-13-4-3-10(6-12(13)18)17(19,20)21/h3-7H,1-2H3,(H2,23,24,27,28). The Hall–Kier alpha value is -3.14. The largest absolute Gasteiger partial charge is 0.416 e. The topological polar surface area (TPSA) is 88.9 Å². The van der Waals surface area contributed by atoms with Crippen LogP contribution in [0.15, 0.2) is 30.5 Å². The lowest BCUT2D eigenvalue weighted by Crippen LogP contribution is -2.34. The second-order valence-electron chi connectivity index (χ2n) is 5.90. The van der Waals surface area contributed by atoms with Crippen LogP contribution in [-0.4, -0.2) is 26.7 Å². The maximum absolute atomic E-state index is 12.6. The fourth-order valence-electron chi connectivity index (χ4n) is 2.55. The number of halogens is 4. The highest BCUT2D eigenvalue weighted by Crippen LogP contribution is 2.33. The van der Waals surface area contributed by atoms with E-state index in [9.17, 15) is 22.8 Å². The summed E-state index contributed by atoms with van der Waals surface area (Å²) in [7, 11) is 1.71. The third-order valence-corrected chi connectivity index (χ3v) is 4.21. The van der Waals surface area contributed by atoms with Gasteiger partial charge in [0, 0.05) is 18.6 Å². The van der Waals surface area contributed by atoms with E-state index in [1.165, 1.54) is 6.20 Å². The Kier molecular flexibility index (Phi) is 4.99. The van der Waals surface area contributed by atoms with Gasteiger partial charge in [0.1, 0.15) is 0 Å². The summed E-state index contributed by atoms with van der Waals surface area (Å²) >= 11 is 5.77. The van der Waals surface area contributed by atoms with Crippen LogP contribution in [0, 0.1) is 6.92 Å². The highest BCUT2D eigenvalue weighted by atomic mass is 35.5. The Morgan fingerprint density at radius 3 is 2.57 bits per heavy atom. The van der Waals surface area contributed by atoms with Crippen molar-refractivity contribution in [1.29, 1.82) is 0 Å². The number of aryl methyl sites for hydroxylation is 2. The van der Waals surface area contributed by atoms with Crippen LogP contribution >= 0.6 is 11.6 Å². The zero-order valence-corrected chi connectivity index (χ0v) is 15.3. The van der Waals surface area contributed by atoms with Crippen LogP contribution < -0.4 is 10.6 Å². The van der Waals surface area contributed by atoms with E-state index in [0.717, 1.165) is 12.1 Å². The van der Waals surface area contributed by atoms with Gasteiger partial charge in [-0.15, -0.1) is 0 Å². The summed E-state index contributed by atoms with van der Waals surface area (Å²) in [6.07, 6.45) is -3.27. The lowest BCUT2D eigenvalue weighted by molar-refractivity contribution is -0.137. The molecule has 2 N–H and O–H groups in total. The number of urea groups is 1. The van der Waals surface area contributed by atoms with E-state index in [4.69, 9.17) is 11.6 Å². The lowest BCUT2D eigenvalue weighted by Gasteiger charge is -2.11. The van der Waals surface area contributed by atoms with E-state index in [1.54, 1.807) is 24.7 Å². The first-order valence-electron chi connectivity index (χ1n) is 7.84. The number of aromatic nitrogens is 3. The molecule has 7 nitrogen and oxygen atoms in total. The van der Waals surface area contributed by atoms with E-state index >= 15 is 0 Å². The van der Waals surface area contributed by atoms with E-state index < -0.39 is 23.7 Å². The number of fused-ring (bicyclic) bond motifs is 1. The van der Waals surface area contributed by atoms with Crippen LogP contribution in [0.4, 0.5) is 23.7 Å². The third kappa shape index (κ3) is 3.91. The molecule has 2 aromatic heterocycles. The number of nitrogens with one attached hydrogen (secondary N) is 2. The molecule has 2 heterocycles. The number of nitrogens with zero attached hydrogens (tertiary/aromatic N) is 3. The van der Waals surface area contributed by atoms with Crippen molar-refractivity contribution in [1.82, 2.24) is 20.1 Å². The molecule has 0 saturated carbocycles. The zero-order valence-electron chi connectivity index (χ0n) is 14.6. The van der Waals surface area contributed by atoms with Gasteiger partial charge in [-0.1, -0.05) is 11.6 Å². The van der Waals surface area contributed by atoms with Crippen molar-refractivity contribution >= 4 is 40.3 Å². The molecule has 1 aromatic carbocycles. The number of anilines is 1. The van der Waals surface area contributed by atoms with Gasteiger partial charge in [-0.25, -0.2) is 9.78 Å². The summed E-state index contributed by atoms with van der Waals surface area (Å²) in [5, 5.41) is 8.84. The van der Waals surface area contributed by atoms with Crippen LogP contribution in [-0.2, 0) is 13.2 Å². The first-order chi connectivity index (χ1) is 13.1. The molecular formula is C17H13ClF3N5O2. The molecule has 0 radical (unpaired) electrons. The number of benzene rings is 1. The van der Waals surface area contributed by atoms with E-state index in [-0.39, 0.29) is 16.3 Å². The number of hydrogen-bond acceptors (Lipinski definition) is 4. The van der Waals surface area contributed by atoms with E-state index in [2.05, 4.69) is 20.7 Å². The van der Waals surface area contributed by atoms with Crippen LogP contribution in [0.2, 0.25) is 5.02 Å². The van der Waals surface area contributed by atoms with Crippen molar-refractivity contribution in [2.75, 3.05) is 5.32 Å². The molecule has 0 unspecified atom stereocenters. The smallest absolute Gasteiger partial charge is 0.306 e. The number of pyridine rings is 1. The fraction of sp³-hybridized carbons (Fsp3) is 0.176. The van der Waals surface area contributed by atoms with Gasteiger partial charge in [0.15, 0.2) is 5.65 Å². The van der Waals surface area contributed by atoms with Crippen LogP contribution in [0.3, 0.4) is 0 Å². The molecule has 0 fully saturated rings. The van der Waals surface area contributed by atoms with Gasteiger partial charge in [-0.3, -0.25) is 14.8 Å². The predicted molar refractivity (Wildman–Crippen MR) is 96.2 cm³/mol. The van der Waals surface area contributed by atoms with Crippen LogP contribution in [0.25, 0.3) is 11.0 Å². The molecule has 0 atom stereocenters. The minimum absolute atomic E-state index is 0.0725. The number of imide groups is 1. The Labute approximate surface area is 161 Å². The predicted octanol–water partition coefficient (Wildman–Crippen LogP) is 3.91. The molecule has 3 amide bonds. The molecule has 3 aromatic rings. The van der Waals surface area contributed by atoms with Gasteiger partial charge >= 0.3 is 12.2 Å². The highest BCUT2D eigenvalue weighted by Gasteiger charge is 2.31. The summed E-state index contributed by atoms with van der Waals surface area (Å²) in [6, 6.07) is 3.05. The molecule has 0 aliphatic rings. The Morgan fingerprint density at radius 1 is 1.21 bits per heavy atom. The van der Waals surface area contributed by atoms with Crippen LogP contribution in [0.1, 0.15) is 21.6 Å². The van der Waals surface area contributed by atoms with Gasteiger partial charge in [0.05, 0.1) is 27.5 Å². The number of carbonyl (C=O) groups excluding carboxylic acids is 2. The number of carbonyl (C=O) groups is 2. The van der Waals surface area contributed by atoms with Gasteiger partial charge in [0.25, 0.3) is 5.91 Å². The van der Waals surface area contributed by atoms with Crippen molar-refractivity contribution in [2.45, 2.75) is 13.1 Å². The van der Waals surface area contributed by atoms with E-state index in [1.807, 2.05) is 0 Å². The molecule has 0 aliphatic heterocycles. The van der Waals surface area contributed by atoms with Gasteiger partial charge in [0.2, 0.25) is 0 Å². The number of hydrogen-bond donors (Lipinski definition) is 2. The quantitative estimate of drug-likeness (QED) is 0.669. The first kappa shape index (κ1) is 19.6. The highest BCUT2D eigenvalue weighted by molar-refractivity contribution is 6.33. The second kappa shape index (κ2) is 7.12. The second-order valence-corrected chi connectivity index (χ2v) is 6.31. The Balaban J connectivity index is 1.73. The summed E-state index contributed by atoms with van der Waals surface area (Å²) < 4.78 is 39.5. The maximum atomic E-state index is 12.6. The molecule has 0 aliphatic carbocycles. The molecule has 11 heteroatoms. The molecule has 146 valence electrons. The summed E-state index contributed by atoms with van der Waals surface area (Å²) in [4.78, 5) is 28.4. The normalized spacial score (nSPS) is 11.5. The van der Waals surface area contributed by atoms with Gasteiger partial charge < -0.3 is 5.32 Å². The summed E-state index contributed by atoms with van der Waals surface area (Å²) in [5.41, 5.74) is 0.343. The van der Waals surface area contributed by atoms with Crippen molar-refractivity contribution in [3.8, 4) is 0 Å². The monoisotopic (exact) mass is 411 g/mol. The number of amides is 3. The minimum atomic E-state index is -4.56. The fourth-order valence-corrected chi connectivity index (χ4v) is 2.78. The van der Waals surface area contributed by atoms with Crippen molar-refractivity contribution < 1.29 is 22.8 Å². The molecule has 3 rings (SSSR count). The minimum Gasteiger partial charge on any atom is -0.306 e. The average molecular weight is 412 g/mol. The van der Waals surface area contributed by atoms with Gasteiger partial charge in [-0.2, -0.15) is 18.3 Å². The van der Waals surface area contributed by atoms with Crippen LogP contribution in [0.5, 0.6) is 0 Å². The molecule has 0 spiro atoms. The summed E-state index contributed by atoms with van der Waals surface area (Å²) in [5.74, 6) is -0.738. The zero-order chi connectivity index (χ0) is 20.6. The Morgan fingerprint density at radius 2 is 1.93 bits per heavy atom. The first-order valence-corrected chi connectivity index (χ1v) is 8.22. The van der Waals surface area contributed by atoms with Crippen molar-refractivity contribution in [3.63, 3.8) is 0 Å². The third-order valence-electron chi connectivity index (χ3n) is 3.90. The maximum Gasteiger partial charge on any atom is 0.416 e. The lowest BCUT2D eigenvalue weighted by atomic mass is 10.2. The Bertz CT molecular complexity index is 1090. The number of alkyl halides is 3. The van der Waals surface area contributed by atoms with Crippen molar-refractivity contribution in [3.05, 3.63) is 52.3 Å². The average Bonchev–Trinajstić information content (AvgIpc) is 2.89. The van der Waals surface area contributed by atoms with Gasteiger partial charge in [-0.05, 0) is 31.2 Å². The SMILES string of the molecule is Cc1nn(C)c2ncc(C(=O)NC(=O)Nc3ccc(C(F)(F)F)cc3Cl)cc12. The van der Waals surface area contributed by atoms with E-state index in [0.29, 0.717) is 22.8 Å². The summed E-state index contributed by atoms with van der Waals surface area (Å²) in [6.45, 7) is 1.75. The molecule has 0 bridgehead atoms. The number of rotatable bonds is 2. The molecule has 0 saturated heterocycles.